The number of hydrogen-bond acceptors (Lipinski definition) is 7. The summed E-state index contributed by atoms with van der Waals surface area (Å²) in [5.41, 5.74) is 6.02. The highest BCUT2D eigenvalue weighted by atomic mass is 19.1. The number of terminal acetylenes is 1. The number of carbonyl (C=O) groups is 1. The molecular weight excluding hydrogens is 439 g/mol. The predicted octanol–water partition coefficient (Wildman–Crippen LogP) is 4.32. The molecule has 3 heterocycles. The van der Waals surface area contributed by atoms with Gasteiger partial charge < -0.3 is 20.7 Å². The zero-order valence-corrected chi connectivity index (χ0v) is 20.8. The third kappa shape index (κ3) is 9.74. The average Bonchev–Trinajstić information content (AvgIpc) is 3.08. The fourth-order valence-corrected chi connectivity index (χ4v) is 3.48. The van der Waals surface area contributed by atoms with E-state index in [9.17, 15) is 9.18 Å². The summed E-state index contributed by atoms with van der Waals surface area (Å²) < 4.78 is 18.2. The van der Waals surface area contributed by atoms with Gasteiger partial charge in [-0.3, -0.25) is 9.79 Å². The summed E-state index contributed by atoms with van der Waals surface area (Å²) in [5.74, 6) is 2.14. The highest BCUT2D eigenvalue weighted by molar-refractivity contribution is 5.72. The monoisotopic (exact) mass is 478 g/mol. The van der Waals surface area contributed by atoms with E-state index in [0.29, 0.717) is 23.7 Å². The molecule has 1 aromatic heterocycles. The molecule has 2 aliphatic heterocycles. The maximum Gasteiger partial charge on any atom is 0.310 e. The summed E-state index contributed by atoms with van der Waals surface area (Å²) >= 11 is 0. The Hall–Kier alpha value is -2.57. The van der Waals surface area contributed by atoms with Crippen LogP contribution in [0.1, 0.15) is 78.3 Å². The number of hydrogen-bond donors (Lipinski definition) is 3. The number of ether oxygens (including phenoxy) is 1. The van der Waals surface area contributed by atoms with Crippen molar-refractivity contribution in [2.24, 2.45) is 16.8 Å². The van der Waals surface area contributed by atoms with Crippen molar-refractivity contribution >= 4 is 23.7 Å². The highest BCUT2D eigenvalue weighted by Gasteiger charge is 2.35. The molecule has 1 fully saturated rings. The summed E-state index contributed by atoms with van der Waals surface area (Å²) in [6, 6.07) is 0. The molecule has 0 radical (unpaired) electrons. The molecule has 190 valence electrons. The van der Waals surface area contributed by atoms with Crippen molar-refractivity contribution in [1.29, 1.82) is 0 Å². The zero-order valence-electron chi connectivity index (χ0n) is 20.8. The molecule has 34 heavy (non-hydrogen) atoms. The van der Waals surface area contributed by atoms with Crippen LogP contribution >= 0.6 is 0 Å². The number of unbranched alkanes of at least 4 members (excludes halogenated alkanes) is 2. The van der Waals surface area contributed by atoms with Gasteiger partial charge in [0, 0.05) is 6.21 Å². The number of aryl methyl sites for hydroxylation is 1. The van der Waals surface area contributed by atoms with Crippen LogP contribution in [-0.2, 0) is 16.0 Å². The van der Waals surface area contributed by atoms with Gasteiger partial charge in [0.1, 0.15) is 5.69 Å². The third-order valence-corrected chi connectivity index (χ3v) is 5.81. The number of aliphatic hydroxyl groups is 1. The largest absolute Gasteiger partial charge is 0.481 e. The van der Waals surface area contributed by atoms with E-state index < -0.39 is 17.6 Å². The maximum absolute atomic E-state index is 12.8. The van der Waals surface area contributed by atoms with E-state index in [2.05, 4.69) is 34.7 Å². The van der Waals surface area contributed by atoms with Gasteiger partial charge in [-0.1, -0.05) is 46.0 Å². The molecular formula is C25H39FN4O4. The molecule has 8 nitrogen and oxygen atoms in total. The minimum Gasteiger partial charge on any atom is -0.481 e. The summed E-state index contributed by atoms with van der Waals surface area (Å²) in [5, 5.41) is 17.3. The summed E-state index contributed by atoms with van der Waals surface area (Å²) in [6.07, 6.45) is 14.0. The molecule has 1 aromatic rings. The molecule has 1 saturated heterocycles. The van der Waals surface area contributed by atoms with Gasteiger partial charge in [0.15, 0.2) is 11.4 Å². The first-order chi connectivity index (χ1) is 16.1. The first kappa shape index (κ1) is 29.5. The second-order valence-electron chi connectivity index (χ2n) is 8.97. The number of aliphatic hydroxyl groups excluding tert-OH is 1. The highest BCUT2D eigenvalue weighted by Crippen LogP contribution is 2.29. The minimum atomic E-state index is -0.772. The molecule has 0 amide bonds. The van der Waals surface area contributed by atoms with Crippen molar-refractivity contribution in [1.82, 2.24) is 9.97 Å². The van der Waals surface area contributed by atoms with Gasteiger partial charge in [0.05, 0.1) is 24.3 Å². The topological polar surface area (TPSA) is 131 Å². The second kappa shape index (κ2) is 14.6. The summed E-state index contributed by atoms with van der Waals surface area (Å²) in [7, 11) is 0. The van der Waals surface area contributed by atoms with Crippen molar-refractivity contribution in [3.05, 3.63) is 11.8 Å². The van der Waals surface area contributed by atoms with E-state index in [4.69, 9.17) is 27.1 Å². The number of carboxylic acid groups (broad SMARTS) is 1. The fraction of sp³-hybridized carbons (Fsp3) is 0.680. The molecule has 0 saturated carbocycles. The van der Waals surface area contributed by atoms with Gasteiger partial charge in [0.25, 0.3) is 0 Å². The zero-order chi connectivity index (χ0) is 25.7. The number of halogens is 1. The number of carboxylic acids is 1. The SMILES string of the molecule is C#CC1(CO)CCC(C)O1.CC1C=Nc2c(N)nc(F)nc2CC1.CCCCCC(C)C(=O)O. The van der Waals surface area contributed by atoms with Gasteiger partial charge in [-0.05, 0) is 44.9 Å². The Bertz CT molecular complexity index is 858. The molecule has 0 aromatic carbocycles. The van der Waals surface area contributed by atoms with Gasteiger partial charge in [-0.15, -0.1) is 6.42 Å². The Morgan fingerprint density at radius 3 is 2.59 bits per heavy atom. The fourth-order valence-electron chi connectivity index (χ4n) is 3.48. The molecule has 4 N–H and O–H groups in total. The van der Waals surface area contributed by atoms with Crippen LogP contribution in [0.4, 0.5) is 15.9 Å². The lowest BCUT2D eigenvalue weighted by atomic mass is 10.0. The van der Waals surface area contributed by atoms with Gasteiger partial charge in [0.2, 0.25) is 0 Å². The number of aliphatic imine (C=N–C) groups is 1. The molecule has 4 atom stereocenters. The van der Waals surface area contributed by atoms with Gasteiger partial charge in [-0.25, -0.2) is 4.98 Å². The lowest BCUT2D eigenvalue weighted by Crippen LogP contribution is -2.31. The Balaban J connectivity index is 0.000000262. The average molecular weight is 479 g/mol. The van der Waals surface area contributed by atoms with Crippen molar-refractivity contribution < 1.29 is 24.1 Å². The second-order valence-corrected chi connectivity index (χ2v) is 8.97. The number of fused-ring (bicyclic) bond motifs is 1. The first-order valence-electron chi connectivity index (χ1n) is 11.9. The third-order valence-electron chi connectivity index (χ3n) is 5.81. The number of rotatable bonds is 6. The van der Waals surface area contributed by atoms with E-state index in [1.807, 2.05) is 13.1 Å². The molecule has 9 heteroatoms. The van der Waals surface area contributed by atoms with Crippen LogP contribution in [-0.4, -0.2) is 50.7 Å². The van der Waals surface area contributed by atoms with Crippen LogP contribution in [0.2, 0.25) is 0 Å². The summed E-state index contributed by atoms with van der Waals surface area (Å²) in [6.45, 7) is 7.83. The first-order valence-corrected chi connectivity index (χ1v) is 11.9. The molecule has 0 bridgehead atoms. The number of aliphatic carboxylic acids is 1. The number of aromatic nitrogens is 2. The Morgan fingerprint density at radius 2 is 2.09 bits per heavy atom. The number of anilines is 1. The lowest BCUT2D eigenvalue weighted by Gasteiger charge is -2.19. The maximum atomic E-state index is 12.8. The molecule has 3 rings (SSSR count). The normalized spacial score (nSPS) is 23.8. The van der Waals surface area contributed by atoms with Crippen molar-refractivity contribution in [3.63, 3.8) is 0 Å². The van der Waals surface area contributed by atoms with Crippen molar-refractivity contribution in [3.8, 4) is 12.3 Å². The van der Waals surface area contributed by atoms with Crippen molar-refractivity contribution in [2.75, 3.05) is 12.3 Å². The number of nitrogens with two attached hydrogens (primary N) is 1. The molecule has 2 aliphatic rings. The van der Waals surface area contributed by atoms with Crippen LogP contribution < -0.4 is 5.73 Å². The number of nitrogen functional groups attached to an aromatic ring is 1. The number of nitrogens with zero attached hydrogens (tertiary/aromatic N) is 3. The van der Waals surface area contributed by atoms with Crippen LogP contribution in [0.5, 0.6) is 0 Å². The Kier molecular flexibility index (Phi) is 12.7. The smallest absolute Gasteiger partial charge is 0.310 e. The van der Waals surface area contributed by atoms with E-state index >= 15 is 0 Å². The van der Waals surface area contributed by atoms with E-state index in [0.717, 1.165) is 44.9 Å². The quantitative estimate of drug-likeness (QED) is 0.315. The van der Waals surface area contributed by atoms with Crippen LogP contribution in [0, 0.1) is 30.3 Å². The standard InChI is InChI=1S/C9H11FN4.C8H12O2.C8H16O2/c1-5-2-3-6-7(12-4-5)8(11)14-9(10)13-6;1-3-8(6-9)5-4-7(2)10-8;1-3-4-5-6-7(2)8(9)10/h4-5H,2-3H2,1H3,(H2,11,13,14);1,7,9H,4-6H2,2H3;7H,3-6H2,1-2H3,(H,9,10). The Labute approximate surface area is 202 Å². The van der Waals surface area contributed by atoms with Gasteiger partial charge >= 0.3 is 12.0 Å². The van der Waals surface area contributed by atoms with Gasteiger partial charge in [-0.2, -0.15) is 9.37 Å². The minimum absolute atomic E-state index is 0.0617. The molecule has 0 spiro atoms. The van der Waals surface area contributed by atoms with Crippen LogP contribution in [0.25, 0.3) is 0 Å². The van der Waals surface area contributed by atoms with Crippen LogP contribution in [0.15, 0.2) is 4.99 Å². The molecule has 0 aliphatic carbocycles. The van der Waals surface area contributed by atoms with Crippen molar-refractivity contribution in [2.45, 2.75) is 90.8 Å². The van der Waals surface area contributed by atoms with E-state index in [1.165, 1.54) is 0 Å². The summed E-state index contributed by atoms with van der Waals surface area (Å²) in [4.78, 5) is 21.6. The Morgan fingerprint density at radius 1 is 1.38 bits per heavy atom. The van der Waals surface area contributed by atoms with Crippen LogP contribution in [0.3, 0.4) is 0 Å². The predicted molar refractivity (Wildman–Crippen MR) is 131 cm³/mol. The van der Waals surface area contributed by atoms with E-state index in [1.54, 1.807) is 6.92 Å². The lowest BCUT2D eigenvalue weighted by molar-refractivity contribution is -0.141. The molecule has 4 unspecified atom stereocenters. The van der Waals surface area contributed by atoms with E-state index in [-0.39, 0.29) is 24.4 Å².